The summed E-state index contributed by atoms with van der Waals surface area (Å²) in [6.45, 7) is 2.19. The van der Waals surface area contributed by atoms with Crippen molar-refractivity contribution in [1.82, 2.24) is 4.90 Å². The van der Waals surface area contributed by atoms with Gasteiger partial charge in [-0.3, -0.25) is 4.90 Å². The molecule has 4 saturated heterocycles. The quantitative estimate of drug-likeness (QED) is 0.822. The van der Waals surface area contributed by atoms with E-state index in [0.717, 1.165) is 19.3 Å². The molecule has 1 aliphatic carbocycles. The molecule has 5 aliphatic heterocycles. The molecule has 1 aromatic rings. The van der Waals surface area contributed by atoms with E-state index in [9.17, 15) is 10.2 Å². The molecule has 5 heterocycles. The molecule has 0 radical (unpaired) electrons. The zero-order chi connectivity index (χ0) is 16.4. The lowest BCUT2D eigenvalue weighted by Gasteiger charge is -2.62. The van der Waals surface area contributed by atoms with Crippen LogP contribution in [0.15, 0.2) is 24.3 Å². The van der Waals surface area contributed by atoms with Crippen LogP contribution in [-0.2, 0) is 5.41 Å². The number of rotatable bonds is 1. The fourth-order valence-corrected chi connectivity index (χ4v) is 7.88. The minimum absolute atomic E-state index is 0.126. The van der Waals surface area contributed by atoms with Crippen LogP contribution in [-0.4, -0.2) is 52.6 Å². The third-order valence-corrected chi connectivity index (χ3v) is 8.46. The molecule has 5 fully saturated rings. The predicted octanol–water partition coefficient (Wildman–Crippen LogP) is 1.55. The van der Waals surface area contributed by atoms with Crippen molar-refractivity contribution in [3.05, 3.63) is 29.8 Å². The van der Waals surface area contributed by atoms with Crippen molar-refractivity contribution in [3.63, 3.8) is 0 Å². The fourth-order valence-electron chi connectivity index (χ4n) is 7.88. The van der Waals surface area contributed by atoms with Crippen LogP contribution in [0.3, 0.4) is 0 Å². The number of para-hydroxylation sites is 1. The van der Waals surface area contributed by atoms with E-state index < -0.39 is 0 Å². The fraction of sp³-hybridized carbons (Fsp3) is 0.700. The molecular weight excluding hydrogens is 300 g/mol. The number of aliphatic hydroxyl groups excluding tert-OH is 2. The molecule has 4 nitrogen and oxygen atoms in total. The average molecular weight is 326 g/mol. The van der Waals surface area contributed by atoms with Crippen molar-refractivity contribution >= 4 is 5.69 Å². The smallest absolute Gasteiger partial charge is 0.111 e. The Hall–Kier alpha value is -1.10. The molecule has 10 atom stereocenters. The van der Waals surface area contributed by atoms with Crippen molar-refractivity contribution in [3.8, 4) is 0 Å². The first kappa shape index (κ1) is 14.1. The van der Waals surface area contributed by atoms with Crippen molar-refractivity contribution in [2.24, 2.45) is 17.8 Å². The van der Waals surface area contributed by atoms with Gasteiger partial charge in [-0.15, -0.1) is 0 Å². The van der Waals surface area contributed by atoms with Crippen molar-refractivity contribution in [2.75, 3.05) is 11.9 Å². The Balaban J connectivity index is 1.60. The molecule has 1 saturated carbocycles. The van der Waals surface area contributed by atoms with Gasteiger partial charge in [0.05, 0.1) is 12.1 Å². The summed E-state index contributed by atoms with van der Waals surface area (Å²) in [5, 5.41) is 22.6. The number of aliphatic hydroxyl groups is 2. The Bertz CT molecular complexity index is 723. The number of hydrogen-bond acceptors (Lipinski definition) is 4. The van der Waals surface area contributed by atoms with Crippen LogP contribution >= 0.6 is 0 Å². The summed E-state index contributed by atoms with van der Waals surface area (Å²) in [5.74, 6) is 1.14. The molecule has 1 spiro atoms. The van der Waals surface area contributed by atoms with Gasteiger partial charge >= 0.3 is 0 Å². The molecular formula is C20H26N2O2. The summed E-state index contributed by atoms with van der Waals surface area (Å²) in [6, 6.07) is 9.70. The zero-order valence-electron chi connectivity index (χ0n) is 14.3. The normalized spacial score (nSPS) is 55.8. The lowest BCUT2D eigenvalue weighted by Crippen LogP contribution is -2.72. The van der Waals surface area contributed by atoms with Gasteiger partial charge in [-0.1, -0.05) is 25.1 Å². The lowest BCUT2D eigenvalue weighted by atomic mass is 9.62. The van der Waals surface area contributed by atoms with E-state index >= 15 is 0 Å². The molecule has 1 unspecified atom stereocenters. The Morgan fingerprint density at radius 2 is 2.00 bits per heavy atom. The summed E-state index contributed by atoms with van der Waals surface area (Å²) in [5.41, 5.74) is 2.51. The Labute approximate surface area is 143 Å². The molecule has 7 rings (SSSR count). The molecule has 1 aromatic carbocycles. The molecule has 2 N–H and O–H groups in total. The number of benzene rings is 1. The van der Waals surface area contributed by atoms with Gasteiger partial charge in [0, 0.05) is 42.1 Å². The molecule has 0 amide bonds. The van der Waals surface area contributed by atoms with Gasteiger partial charge in [-0.2, -0.15) is 0 Å². The highest BCUT2D eigenvalue weighted by Gasteiger charge is 2.76. The number of likely N-dealkylation sites (N-methyl/N-ethyl adjacent to an activating group) is 1. The highest BCUT2D eigenvalue weighted by Crippen LogP contribution is 2.68. The molecule has 4 heteroatoms. The van der Waals surface area contributed by atoms with Gasteiger partial charge in [0.2, 0.25) is 0 Å². The highest BCUT2D eigenvalue weighted by molar-refractivity contribution is 5.67. The van der Waals surface area contributed by atoms with E-state index in [1.165, 1.54) is 11.3 Å². The summed E-state index contributed by atoms with van der Waals surface area (Å²) in [6.07, 6.45) is 2.56. The Morgan fingerprint density at radius 1 is 1.21 bits per heavy atom. The van der Waals surface area contributed by atoms with Crippen molar-refractivity contribution in [1.29, 1.82) is 0 Å². The molecule has 24 heavy (non-hydrogen) atoms. The zero-order valence-corrected chi connectivity index (χ0v) is 14.3. The number of piperidine rings is 4. The van der Waals surface area contributed by atoms with Crippen molar-refractivity contribution < 1.29 is 10.2 Å². The third-order valence-electron chi connectivity index (χ3n) is 8.46. The first-order chi connectivity index (χ1) is 11.6. The van der Waals surface area contributed by atoms with E-state index in [0.29, 0.717) is 35.9 Å². The van der Waals surface area contributed by atoms with E-state index in [1.54, 1.807) is 0 Å². The third kappa shape index (κ3) is 1.20. The minimum atomic E-state index is -0.319. The first-order valence-electron chi connectivity index (χ1n) is 9.57. The van der Waals surface area contributed by atoms with E-state index in [-0.39, 0.29) is 17.7 Å². The summed E-state index contributed by atoms with van der Waals surface area (Å²) in [4.78, 5) is 4.83. The number of fused-ring (bicyclic) bond motifs is 2. The van der Waals surface area contributed by atoms with Crippen LogP contribution in [0.25, 0.3) is 0 Å². The van der Waals surface area contributed by atoms with Crippen molar-refractivity contribution in [2.45, 2.75) is 62.1 Å². The average Bonchev–Trinajstić information content (AvgIpc) is 2.97. The molecule has 6 aliphatic rings. The van der Waals surface area contributed by atoms with Crippen LogP contribution < -0.4 is 4.90 Å². The Kier molecular flexibility index (Phi) is 2.45. The number of nitrogens with zero attached hydrogens (tertiary/aromatic N) is 2. The summed E-state index contributed by atoms with van der Waals surface area (Å²) >= 11 is 0. The second-order valence-corrected chi connectivity index (χ2v) is 8.81. The van der Waals surface area contributed by atoms with Crippen LogP contribution in [0.2, 0.25) is 0 Å². The van der Waals surface area contributed by atoms with Gasteiger partial charge < -0.3 is 15.1 Å². The van der Waals surface area contributed by atoms with Gasteiger partial charge in [0.15, 0.2) is 0 Å². The van der Waals surface area contributed by atoms with E-state index in [2.05, 4.69) is 48.0 Å². The summed E-state index contributed by atoms with van der Waals surface area (Å²) in [7, 11) is 2.19. The predicted molar refractivity (Wildman–Crippen MR) is 91.7 cm³/mol. The van der Waals surface area contributed by atoms with Crippen LogP contribution in [0.5, 0.6) is 0 Å². The monoisotopic (exact) mass is 326 g/mol. The second-order valence-electron chi connectivity index (χ2n) is 8.81. The Morgan fingerprint density at radius 3 is 2.79 bits per heavy atom. The van der Waals surface area contributed by atoms with Crippen LogP contribution in [0.1, 0.15) is 31.7 Å². The van der Waals surface area contributed by atoms with Gasteiger partial charge in [-0.25, -0.2) is 0 Å². The minimum Gasteiger partial charge on any atom is -0.392 e. The molecule has 0 aromatic heterocycles. The van der Waals surface area contributed by atoms with Gasteiger partial charge in [0.1, 0.15) is 6.23 Å². The van der Waals surface area contributed by atoms with E-state index in [4.69, 9.17) is 0 Å². The number of hydrogen-bond donors (Lipinski definition) is 2. The number of anilines is 1. The standard InChI is InChI=1S/C20H26N2O2/c1-3-10-11-8-14-17-20(12-6-4-5-7-13(12)21(17)2)9-15(16(11)18(20)23)22(14)19(10)24/h4-7,10-11,14-19,23-24H,3,8-9H2,1-2H3/t10-,11+,14-,15-,16+,17-,18+,19+,20-/m0/s1. The molecule has 5 bridgehead atoms. The SMILES string of the molecule is CC[C@H]1[C@H]2C[C@H]3[C@@H]4N(C)c5ccccc5[C@@]45C[C@@H]([C@@H]2[C@H]5O)N3[C@@H]1O. The largest absolute Gasteiger partial charge is 0.392 e. The second kappa shape index (κ2) is 4.17. The van der Waals surface area contributed by atoms with E-state index in [1.807, 2.05) is 0 Å². The lowest BCUT2D eigenvalue weighted by molar-refractivity contribution is -0.211. The topological polar surface area (TPSA) is 46.9 Å². The maximum absolute atomic E-state index is 11.6. The summed E-state index contributed by atoms with van der Waals surface area (Å²) < 4.78 is 0. The highest BCUT2D eigenvalue weighted by atomic mass is 16.3. The first-order valence-corrected chi connectivity index (χ1v) is 9.57. The van der Waals surface area contributed by atoms with Crippen LogP contribution in [0, 0.1) is 17.8 Å². The molecule has 128 valence electrons. The van der Waals surface area contributed by atoms with Gasteiger partial charge in [-0.05, 0) is 36.8 Å². The maximum atomic E-state index is 11.6. The van der Waals surface area contributed by atoms with Crippen LogP contribution in [0.4, 0.5) is 5.69 Å². The maximum Gasteiger partial charge on any atom is 0.111 e. The van der Waals surface area contributed by atoms with Gasteiger partial charge in [0.25, 0.3) is 0 Å².